The van der Waals surface area contributed by atoms with E-state index >= 15 is 0 Å². The third-order valence-corrected chi connectivity index (χ3v) is 3.58. The first-order valence-corrected chi connectivity index (χ1v) is 6.86. The fraction of sp³-hybridized carbons (Fsp3) is 0.500. The largest absolute Gasteiger partial charge is 0.468 e. The van der Waals surface area contributed by atoms with Crippen LogP contribution in [-0.4, -0.2) is 32.3 Å². The monoisotopic (exact) mass is 301 g/mol. The standard InChI is InChI=1S/C14H17ClFNO3/c1-19-14(18)13(17-10-3-2-6-20-8-10)9-4-5-11(15)12(16)7-9/h4-5,7,10,13,17H,2-3,6,8H2,1H3/t10-,13-/m0/s1. The molecule has 1 fully saturated rings. The minimum absolute atomic E-state index is 0.0263. The number of halogens is 2. The van der Waals surface area contributed by atoms with Crippen molar-refractivity contribution in [1.82, 2.24) is 5.32 Å². The molecule has 0 saturated carbocycles. The van der Waals surface area contributed by atoms with E-state index < -0.39 is 17.8 Å². The summed E-state index contributed by atoms with van der Waals surface area (Å²) in [6.45, 7) is 1.26. The molecule has 20 heavy (non-hydrogen) atoms. The van der Waals surface area contributed by atoms with Gasteiger partial charge in [-0.2, -0.15) is 0 Å². The second-order valence-corrected chi connectivity index (χ2v) is 5.12. The summed E-state index contributed by atoms with van der Waals surface area (Å²) in [5, 5.41) is 3.19. The Hall–Kier alpha value is -1.17. The van der Waals surface area contributed by atoms with Crippen molar-refractivity contribution in [2.45, 2.75) is 24.9 Å². The van der Waals surface area contributed by atoms with Crippen LogP contribution >= 0.6 is 11.6 Å². The molecule has 0 unspecified atom stereocenters. The molecule has 1 aliphatic rings. The van der Waals surface area contributed by atoms with Crippen LogP contribution in [0.4, 0.5) is 4.39 Å². The number of ether oxygens (including phenoxy) is 2. The van der Waals surface area contributed by atoms with Crippen molar-refractivity contribution in [3.05, 3.63) is 34.6 Å². The molecule has 1 aromatic rings. The maximum Gasteiger partial charge on any atom is 0.327 e. The lowest BCUT2D eigenvalue weighted by Gasteiger charge is -2.27. The predicted octanol–water partition coefficient (Wildman–Crippen LogP) is 2.46. The van der Waals surface area contributed by atoms with Gasteiger partial charge in [0.1, 0.15) is 11.9 Å². The van der Waals surface area contributed by atoms with Crippen LogP contribution in [0.25, 0.3) is 0 Å². The van der Waals surface area contributed by atoms with Crippen LogP contribution in [0.2, 0.25) is 5.02 Å². The van der Waals surface area contributed by atoms with E-state index in [4.69, 9.17) is 21.1 Å². The second-order valence-electron chi connectivity index (χ2n) is 4.71. The van der Waals surface area contributed by atoms with Crippen molar-refractivity contribution in [3.63, 3.8) is 0 Å². The SMILES string of the molecule is COC(=O)[C@@H](N[C@H]1CCCOC1)c1ccc(Cl)c(F)c1. The van der Waals surface area contributed by atoms with E-state index in [0.717, 1.165) is 19.4 Å². The third kappa shape index (κ3) is 3.69. The zero-order chi connectivity index (χ0) is 14.5. The molecule has 0 radical (unpaired) electrons. The van der Waals surface area contributed by atoms with Gasteiger partial charge in [-0.1, -0.05) is 17.7 Å². The van der Waals surface area contributed by atoms with Crippen LogP contribution in [0.5, 0.6) is 0 Å². The van der Waals surface area contributed by atoms with Gasteiger partial charge in [0.05, 0.1) is 18.7 Å². The minimum Gasteiger partial charge on any atom is -0.468 e. The highest BCUT2D eigenvalue weighted by atomic mass is 35.5. The number of hydrogen-bond donors (Lipinski definition) is 1. The molecule has 1 aliphatic heterocycles. The van der Waals surface area contributed by atoms with Crippen LogP contribution < -0.4 is 5.32 Å². The number of hydrogen-bond acceptors (Lipinski definition) is 4. The third-order valence-electron chi connectivity index (χ3n) is 3.28. The Kier molecular flexibility index (Phi) is 5.34. The average Bonchev–Trinajstić information content (AvgIpc) is 2.48. The van der Waals surface area contributed by atoms with Gasteiger partial charge in [0.2, 0.25) is 0 Å². The number of esters is 1. The molecule has 2 rings (SSSR count). The van der Waals surface area contributed by atoms with Crippen LogP contribution in [0, 0.1) is 5.82 Å². The van der Waals surface area contributed by atoms with E-state index in [1.54, 1.807) is 6.07 Å². The van der Waals surface area contributed by atoms with E-state index in [9.17, 15) is 9.18 Å². The van der Waals surface area contributed by atoms with E-state index in [0.29, 0.717) is 12.2 Å². The summed E-state index contributed by atoms with van der Waals surface area (Å²) in [5.74, 6) is -1.02. The zero-order valence-electron chi connectivity index (χ0n) is 11.2. The summed E-state index contributed by atoms with van der Waals surface area (Å²) in [6, 6.07) is 3.62. The maximum absolute atomic E-state index is 13.5. The van der Waals surface area contributed by atoms with Crippen molar-refractivity contribution >= 4 is 17.6 Å². The van der Waals surface area contributed by atoms with Crippen LogP contribution in [-0.2, 0) is 14.3 Å². The molecule has 4 nitrogen and oxygen atoms in total. The van der Waals surface area contributed by atoms with Crippen molar-refractivity contribution in [2.24, 2.45) is 0 Å². The molecule has 1 N–H and O–H groups in total. The number of nitrogens with one attached hydrogen (secondary N) is 1. The first-order chi connectivity index (χ1) is 9.61. The van der Waals surface area contributed by atoms with Gasteiger partial charge in [0, 0.05) is 12.6 Å². The molecule has 6 heteroatoms. The molecule has 1 heterocycles. The summed E-state index contributed by atoms with van der Waals surface area (Å²) in [6.07, 6.45) is 1.84. The molecule has 1 saturated heterocycles. The summed E-state index contributed by atoms with van der Waals surface area (Å²) in [7, 11) is 1.31. The van der Waals surface area contributed by atoms with Crippen LogP contribution in [0.3, 0.4) is 0 Å². The Balaban J connectivity index is 2.17. The highest BCUT2D eigenvalue weighted by molar-refractivity contribution is 6.30. The van der Waals surface area contributed by atoms with Crippen LogP contribution in [0.1, 0.15) is 24.4 Å². The van der Waals surface area contributed by atoms with Crippen molar-refractivity contribution in [2.75, 3.05) is 20.3 Å². The Morgan fingerprint density at radius 3 is 3.00 bits per heavy atom. The second kappa shape index (κ2) is 7.02. The first-order valence-electron chi connectivity index (χ1n) is 6.48. The van der Waals surface area contributed by atoms with Gasteiger partial charge in [-0.15, -0.1) is 0 Å². The summed E-state index contributed by atoms with van der Waals surface area (Å²) in [5.41, 5.74) is 0.490. The van der Waals surface area contributed by atoms with Gasteiger partial charge in [0.15, 0.2) is 0 Å². The Labute approximate surface area is 122 Å². The van der Waals surface area contributed by atoms with Crippen LogP contribution in [0.15, 0.2) is 18.2 Å². The molecular weight excluding hydrogens is 285 g/mol. The van der Waals surface area contributed by atoms with Gasteiger partial charge < -0.3 is 9.47 Å². The molecule has 0 bridgehead atoms. The zero-order valence-corrected chi connectivity index (χ0v) is 12.0. The van der Waals surface area contributed by atoms with Gasteiger partial charge in [-0.05, 0) is 30.5 Å². The molecule has 0 aromatic heterocycles. The van der Waals surface area contributed by atoms with E-state index in [2.05, 4.69) is 5.32 Å². The lowest BCUT2D eigenvalue weighted by molar-refractivity contribution is -0.143. The number of carbonyl (C=O) groups excluding carboxylic acids is 1. The molecule has 2 atom stereocenters. The highest BCUT2D eigenvalue weighted by Crippen LogP contribution is 2.22. The van der Waals surface area contributed by atoms with E-state index in [1.807, 2.05) is 0 Å². The lowest BCUT2D eigenvalue weighted by atomic mass is 10.0. The molecule has 0 amide bonds. The molecule has 1 aromatic carbocycles. The molecule has 0 aliphatic carbocycles. The predicted molar refractivity (Wildman–Crippen MR) is 73.1 cm³/mol. The van der Waals surface area contributed by atoms with Gasteiger partial charge >= 0.3 is 5.97 Å². The van der Waals surface area contributed by atoms with Gasteiger partial charge in [0.25, 0.3) is 0 Å². The van der Waals surface area contributed by atoms with Gasteiger partial charge in [-0.25, -0.2) is 9.18 Å². The average molecular weight is 302 g/mol. The normalized spacial score (nSPS) is 20.4. The molecular formula is C14H17ClFNO3. The molecule has 0 spiro atoms. The highest BCUT2D eigenvalue weighted by Gasteiger charge is 2.26. The minimum atomic E-state index is -0.724. The quantitative estimate of drug-likeness (QED) is 0.868. The first kappa shape index (κ1) is 15.2. The van der Waals surface area contributed by atoms with Crippen molar-refractivity contribution in [3.8, 4) is 0 Å². The maximum atomic E-state index is 13.5. The topological polar surface area (TPSA) is 47.6 Å². The lowest BCUT2D eigenvalue weighted by Crippen LogP contribution is -2.42. The number of carbonyl (C=O) groups is 1. The Bertz CT molecular complexity index is 477. The number of methoxy groups -OCH3 is 1. The summed E-state index contributed by atoms with van der Waals surface area (Å²) in [4.78, 5) is 11.9. The fourth-order valence-electron chi connectivity index (χ4n) is 2.22. The van der Waals surface area contributed by atoms with Crippen molar-refractivity contribution < 1.29 is 18.7 Å². The molecule has 110 valence electrons. The number of benzene rings is 1. The summed E-state index contributed by atoms with van der Waals surface area (Å²) < 4.78 is 23.7. The van der Waals surface area contributed by atoms with Gasteiger partial charge in [-0.3, -0.25) is 5.32 Å². The Morgan fingerprint density at radius 2 is 2.40 bits per heavy atom. The van der Waals surface area contributed by atoms with E-state index in [1.165, 1.54) is 19.2 Å². The smallest absolute Gasteiger partial charge is 0.327 e. The summed E-state index contributed by atoms with van der Waals surface area (Å²) >= 11 is 5.66. The van der Waals surface area contributed by atoms with E-state index in [-0.39, 0.29) is 11.1 Å². The fourth-order valence-corrected chi connectivity index (χ4v) is 2.34. The number of rotatable bonds is 4. The Morgan fingerprint density at radius 1 is 1.60 bits per heavy atom. The van der Waals surface area contributed by atoms with Crippen molar-refractivity contribution in [1.29, 1.82) is 0 Å².